The normalized spacial score (nSPS) is 31.6. The first-order valence-electron chi connectivity index (χ1n) is 16.0. The van der Waals surface area contributed by atoms with Crippen molar-refractivity contribution in [1.29, 1.82) is 0 Å². The fraction of sp³-hybridized carbons (Fsp3) is 0.758. The predicted octanol–water partition coefficient (Wildman–Crippen LogP) is 6.65. The Morgan fingerprint density at radius 2 is 1.63 bits per heavy atom. The Labute approximate surface area is 274 Å². The van der Waals surface area contributed by atoms with Crippen molar-refractivity contribution < 1.29 is 42.5 Å². The molecule has 2 heterocycles. The second-order valence-electron chi connectivity index (χ2n) is 13.8. The Kier molecular flexibility index (Phi) is 15.1. The monoisotopic (exact) mass is 663 g/mol. The van der Waals surface area contributed by atoms with E-state index in [0.29, 0.717) is 12.5 Å². The number of carbonyl (C=O) groups excluding carboxylic acids is 3. The van der Waals surface area contributed by atoms with Gasteiger partial charge in [-0.25, -0.2) is 0 Å². The summed E-state index contributed by atoms with van der Waals surface area (Å²) < 4.78 is 38.3. The molecule has 0 aliphatic carbocycles. The third-order valence-corrected chi connectivity index (χ3v) is 14.7. The molecule has 258 valence electrons. The van der Waals surface area contributed by atoms with Crippen LogP contribution in [-0.2, 0) is 49.1 Å². The number of ether oxygens (including phenoxy) is 5. The van der Waals surface area contributed by atoms with Gasteiger partial charge in [0.25, 0.3) is 0 Å². The Balaban J connectivity index is 0.00000236. The van der Waals surface area contributed by atoms with Crippen molar-refractivity contribution in [2.45, 2.75) is 130 Å². The van der Waals surface area contributed by atoms with Crippen molar-refractivity contribution in [1.82, 2.24) is 0 Å². The fourth-order valence-corrected chi connectivity index (χ4v) is 8.32. The van der Waals surface area contributed by atoms with Gasteiger partial charge in [0.1, 0.15) is 12.7 Å². The van der Waals surface area contributed by atoms with Gasteiger partial charge in [-0.1, -0.05) is 83.9 Å². The third-order valence-electron chi connectivity index (χ3n) is 10.2. The van der Waals surface area contributed by atoms with E-state index in [2.05, 4.69) is 64.7 Å². The van der Waals surface area contributed by atoms with Gasteiger partial charge in [0, 0.05) is 23.7 Å². The second kappa shape index (κ2) is 17.5. The lowest BCUT2D eigenvalue weighted by atomic mass is 9.85. The zero-order valence-electron chi connectivity index (χ0n) is 29.2. The Morgan fingerprint density at radius 1 is 1.02 bits per heavy atom. The van der Waals surface area contributed by atoms with E-state index in [1.165, 1.54) is 6.92 Å². The van der Waals surface area contributed by atoms with Crippen LogP contribution in [0.15, 0.2) is 35.4 Å². The smallest absolute Gasteiger partial charge is 0.373 e. The van der Waals surface area contributed by atoms with Crippen LogP contribution in [0.2, 0.25) is 18.1 Å². The average Bonchev–Trinajstić information content (AvgIpc) is 2.98. The molecule has 0 N–H and O–H groups in total. The molecule has 2 saturated heterocycles. The Hall–Kier alpha value is -2.60. The standard InChI is InChI=1S/C32H53N3O7Si.CO2/c1-19(2)32(8,9)43(10,11)42-31-27(34-35-33)21(4)29(26(40-31)18-37-24(7)36)41-30-22(5)28(20(3)23(6)39-30)38-17-25-15-13-12-14-16-25;2-1-3/h12-16,19-23,26-31H,17-18H2,1-11H3;/t20-,21-,22?,23?,26?,27?,28-,29+,30+,31+;/m1./s1. The molecular formula is C33H53N3O9Si. The maximum atomic E-state index is 11.9. The van der Waals surface area contributed by atoms with E-state index in [1.54, 1.807) is 0 Å². The lowest BCUT2D eigenvalue weighted by molar-refractivity contribution is -0.318. The van der Waals surface area contributed by atoms with Gasteiger partial charge in [0.15, 0.2) is 20.9 Å². The molecular weight excluding hydrogens is 610 g/mol. The van der Waals surface area contributed by atoms with Crippen molar-refractivity contribution in [3.05, 3.63) is 46.3 Å². The largest absolute Gasteiger partial charge is 0.463 e. The molecule has 1 aromatic rings. The van der Waals surface area contributed by atoms with E-state index in [4.69, 9.17) is 37.7 Å². The van der Waals surface area contributed by atoms with E-state index < -0.39 is 45.1 Å². The van der Waals surface area contributed by atoms with Crippen molar-refractivity contribution in [2.24, 2.45) is 28.8 Å². The quantitative estimate of drug-likeness (QED) is 0.0785. The summed E-state index contributed by atoms with van der Waals surface area (Å²) in [5, 5.41) is 4.06. The van der Waals surface area contributed by atoms with E-state index in [1.807, 2.05) is 44.2 Å². The van der Waals surface area contributed by atoms with Crippen LogP contribution in [0.1, 0.15) is 67.9 Å². The highest BCUT2D eigenvalue weighted by Crippen LogP contribution is 2.47. The van der Waals surface area contributed by atoms with Gasteiger partial charge >= 0.3 is 12.1 Å². The molecule has 10 atom stereocenters. The number of nitrogens with zero attached hydrogens (tertiary/aromatic N) is 3. The summed E-state index contributed by atoms with van der Waals surface area (Å²) in [6.45, 7) is 23.1. The van der Waals surface area contributed by atoms with Crippen LogP contribution in [0.25, 0.3) is 10.4 Å². The van der Waals surface area contributed by atoms with Gasteiger partial charge in [0.05, 0.1) is 31.0 Å². The molecule has 2 aliphatic heterocycles. The van der Waals surface area contributed by atoms with E-state index >= 15 is 0 Å². The minimum Gasteiger partial charge on any atom is -0.463 e. The topological polar surface area (TPSA) is 155 Å². The van der Waals surface area contributed by atoms with Gasteiger partial charge < -0.3 is 28.1 Å². The van der Waals surface area contributed by atoms with Gasteiger partial charge in [-0.05, 0) is 48.0 Å². The maximum absolute atomic E-state index is 11.9. The summed E-state index contributed by atoms with van der Waals surface area (Å²) >= 11 is 0. The van der Waals surface area contributed by atoms with Crippen LogP contribution < -0.4 is 0 Å². The predicted molar refractivity (Wildman–Crippen MR) is 172 cm³/mol. The number of esters is 1. The number of hydrogen-bond donors (Lipinski definition) is 0. The molecule has 13 heteroatoms. The molecule has 1 aromatic carbocycles. The third kappa shape index (κ3) is 9.95. The number of azide groups is 1. The van der Waals surface area contributed by atoms with Crippen molar-refractivity contribution >= 4 is 20.4 Å². The SMILES string of the molecule is CC(=O)OCC1O[C@@H](O[Si](C)(C)C(C)(C)C(C)C)C(N=[N+]=[N-])[C@@H](C)[C@@H]1O[C@@H]1OC(C)[C@@H](C)[C@@H](OCc2ccccc2)C1C.O=C=O. The molecule has 46 heavy (non-hydrogen) atoms. The molecule has 0 bridgehead atoms. The van der Waals surface area contributed by atoms with Crippen LogP contribution in [0, 0.1) is 23.7 Å². The van der Waals surface area contributed by atoms with Gasteiger partial charge in [0.2, 0.25) is 0 Å². The average molecular weight is 664 g/mol. The summed E-state index contributed by atoms with van der Waals surface area (Å²) in [5.41, 5.74) is 10.7. The first-order chi connectivity index (χ1) is 21.5. The van der Waals surface area contributed by atoms with Crippen molar-refractivity contribution in [3.8, 4) is 0 Å². The van der Waals surface area contributed by atoms with Crippen LogP contribution in [0.3, 0.4) is 0 Å². The number of benzene rings is 1. The summed E-state index contributed by atoms with van der Waals surface area (Å²) in [5.74, 6) is -0.342. The molecule has 0 saturated carbocycles. The van der Waals surface area contributed by atoms with Gasteiger partial charge in [-0.3, -0.25) is 4.79 Å². The first-order valence-corrected chi connectivity index (χ1v) is 18.9. The zero-order valence-corrected chi connectivity index (χ0v) is 30.2. The number of rotatable bonds is 12. The van der Waals surface area contributed by atoms with Crippen LogP contribution in [0.5, 0.6) is 0 Å². The van der Waals surface area contributed by atoms with E-state index in [0.717, 1.165) is 5.56 Å². The van der Waals surface area contributed by atoms with Crippen LogP contribution in [-0.4, -0.2) is 70.1 Å². The minimum absolute atomic E-state index is 0.0241. The lowest BCUT2D eigenvalue weighted by Crippen LogP contribution is -2.61. The van der Waals surface area contributed by atoms with Gasteiger partial charge in [-0.15, -0.1) is 0 Å². The van der Waals surface area contributed by atoms with Gasteiger partial charge in [-0.2, -0.15) is 9.59 Å². The lowest BCUT2D eigenvalue weighted by Gasteiger charge is -2.51. The van der Waals surface area contributed by atoms with Crippen molar-refractivity contribution in [2.75, 3.05) is 6.61 Å². The summed E-state index contributed by atoms with van der Waals surface area (Å²) in [7, 11) is -2.39. The van der Waals surface area contributed by atoms with Crippen LogP contribution in [0.4, 0.5) is 0 Å². The highest BCUT2D eigenvalue weighted by atomic mass is 28.4. The first kappa shape index (κ1) is 39.6. The molecule has 2 aliphatic rings. The Morgan fingerprint density at radius 3 is 2.17 bits per heavy atom. The second-order valence-corrected chi connectivity index (χ2v) is 18.3. The molecule has 0 spiro atoms. The highest BCUT2D eigenvalue weighted by Gasteiger charge is 2.52. The molecule has 4 unspecified atom stereocenters. The molecule has 0 aromatic heterocycles. The molecule has 2 fully saturated rings. The zero-order chi connectivity index (χ0) is 34.8. The van der Waals surface area contributed by atoms with E-state index in [9.17, 15) is 10.3 Å². The Bertz CT molecular complexity index is 1190. The highest BCUT2D eigenvalue weighted by molar-refractivity contribution is 6.74. The van der Waals surface area contributed by atoms with Crippen LogP contribution >= 0.6 is 0 Å². The number of carbonyl (C=O) groups is 1. The maximum Gasteiger partial charge on any atom is 0.373 e. The summed E-state index contributed by atoms with van der Waals surface area (Å²) in [6, 6.07) is 9.44. The number of hydrogen-bond acceptors (Lipinski definition) is 10. The molecule has 0 amide bonds. The molecule has 0 radical (unpaired) electrons. The molecule has 3 rings (SSSR count). The summed E-state index contributed by atoms with van der Waals surface area (Å²) in [6.07, 6.45) is -2.66. The fourth-order valence-electron chi connectivity index (χ4n) is 5.85. The summed E-state index contributed by atoms with van der Waals surface area (Å²) in [4.78, 5) is 31.3. The molecule has 12 nitrogen and oxygen atoms in total. The minimum atomic E-state index is -2.39. The van der Waals surface area contributed by atoms with Crippen molar-refractivity contribution in [3.63, 3.8) is 0 Å². The van der Waals surface area contributed by atoms with E-state index in [-0.39, 0.29) is 47.8 Å².